The van der Waals surface area contributed by atoms with Gasteiger partial charge in [-0.15, -0.1) is 0 Å². The van der Waals surface area contributed by atoms with Crippen LogP contribution in [-0.4, -0.2) is 23.9 Å². The van der Waals surface area contributed by atoms with Crippen molar-refractivity contribution in [2.75, 3.05) is 7.11 Å². The number of halogens is 1. The highest BCUT2D eigenvalue weighted by Crippen LogP contribution is 2.37. The van der Waals surface area contributed by atoms with Gasteiger partial charge in [0.1, 0.15) is 0 Å². The molecule has 0 heterocycles. The molecule has 4 aromatic carbocycles. The van der Waals surface area contributed by atoms with Crippen molar-refractivity contribution in [1.82, 2.24) is 0 Å². The van der Waals surface area contributed by atoms with Crippen LogP contribution >= 0.6 is 11.6 Å². The second-order valence-electron chi connectivity index (χ2n) is 7.42. The maximum Gasteiger partial charge on any atom is 0.339 e. The van der Waals surface area contributed by atoms with Gasteiger partial charge in [-0.25, -0.2) is 9.59 Å². The molecule has 0 N–H and O–H groups in total. The maximum absolute atomic E-state index is 13.0. The first-order valence-electron chi connectivity index (χ1n) is 9.87. The Bertz CT molecular complexity index is 1190. The zero-order valence-electron chi connectivity index (χ0n) is 17.2. The van der Waals surface area contributed by atoms with Crippen molar-refractivity contribution in [2.24, 2.45) is 0 Å². The minimum Gasteiger partial charge on any atom is -0.467 e. The second-order valence-corrected chi connectivity index (χ2v) is 8.17. The van der Waals surface area contributed by atoms with Crippen LogP contribution in [0.2, 0.25) is 0 Å². The van der Waals surface area contributed by atoms with Gasteiger partial charge >= 0.3 is 11.9 Å². The Morgan fingerprint density at radius 3 is 1.68 bits per heavy atom. The molecule has 0 bridgehead atoms. The summed E-state index contributed by atoms with van der Waals surface area (Å²) in [5, 5.41) is 3.93. The average Bonchev–Trinajstić information content (AvgIpc) is 2.81. The summed E-state index contributed by atoms with van der Waals surface area (Å²) in [5.74, 6) is -1.74. The van der Waals surface area contributed by atoms with Gasteiger partial charge in [0.05, 0.1) is 7.11 Å². The molecule has 0 saturated carbocycles. The van der Waals surface area contributed by atoms with Crippen molar-refractivity contribution in [2.45, 2.75) is 17.9 Å². The number of ether oxygens (including phenoxy) is 2. The highest BCUT2D eigenvalue weighted by molar-refractivity contribution is 6.44. The predicted octanol–water partition coefficient (Wildman–Crippen LogP) is 5.80. The number of methoxy groups -OCH3 is 1. The minimum atomic E-state index is -1.96. The molecular formula is C26H21ClO4. The lowest BCUT2D eigenvalue weighted by Crippen LogP contribution is -2.41. The molecule has 0 aliphatic heterocycles. The van der Waals surface area contributed by atoms with Crippen LogP contribution in [0.3, 0.4) is 0 Å². The van der Waals surface area contributed by atoms with E-state index in [1.54, 1.807) is 0 Å². The number of carbonyl (C=O) groups is 2. The van der Waals surface area contributed by atoms with Crippen LogP contribution < -0.4 is 0 Å². The van der Waals surface area contributed by atoms with E-state index in [0.717, 1.165) is 32.7 Å². The van der Waals surface area contributed by atoms with Crippen molar-refractivity contribution < 1.29 is 19.1 Å². The highest BCUT2D eigenvalue weighted by Gasteiger charge is 2.43. The Labute approximate surface area is 185 Å². The highest BCUT2D eigenvalue weighted by atomic mass is 35.5. The first-order chi connectivity index (χ1) is 14.9. The van der Waals surface area contributed by atoms with Gasteiger partial charge < -0.3 is 9.47 Å². The number of esters is 2. The molecule has 0 spiro atoms. The van der Waals surface area contributed by atoms with Crippen molar-refractivity contribution >= 4 is 45.1 Å². The molecule has 1 atom stereocenters. The van der Waals surface area contributed by atoms with E-state index in [9.17, 15) is 9.59 Å². The van der Waals surface area contributed by atoms with Crippen LogP contribution in [0.1, 0.15) is 24.2 Å². The molecular weight excluding hydrogens is 412 g/mol. The van der Waals surface area contributed by atoms with E-state index in [2.05, 4.69) is 0 Å². The van der Waals surface area contributed by atoms with Gasteiger partial charge in [0.2, 0.25) is 4.87 Å². The van der Waals surface area contributed by atoms with E-state index in [1.807, 2.05) is 84.9 Å². The number of fused-ring (bicyclic) bond motifs is 2. The maximum atomic E-state index is 13.0. The molecule has 0 aliphatic rings. The summed E-state index contributed by atoms with van der Waals surface area (Å²) >= 11 is 6.24. The molecule has 31 heavy (non-hydrogen) atoms. The fourth-order valence-corrected chi connectivity index (χ4v) is 3.87. The molecule has 156 valence electrons. The normalized spacial score (nSPS) is 13.2. The van der Waals surface area contributed by atoms with Gasteiger partial charge in [-0.3, -0.25) is 0 Å². The fourth-order valence-electron chi connectivity index (χ4n) is 3.75. The second kappa shape index (κ2) is 8.40. The van der Waals surface area contributed by atoms with E-state index in [1.165, 1.54) is 14.0 Å². The molecule has 4 nitrogen and oxygen atoms in total. The summed E-state index contributed by atoms with van der Waals surface area (Å²) < 4.78 is 10.7. The average molecular weight is 433 g/mol. The monoisotopic (exact) mass is 432 g/mol. The summed E-state index contributed by atoms with van der Waals surface area (Å²) in [5.41, 5.74) is 1.61. The number of hydrogen-bond donors (Lipinski definition) is 0. The third-order valence-electron chi connectivity index (χ3n) is 5.39. The Balaban J connectivity index is 1.91. The molecule has 5 heteroatoms. The Hall–Kier alpha value is -3.37. The van der Waals surface area contributed by atoms with Crippen molar-refractivity contribution in [3.63, 3.8) is 0 Å². The number of benzene rings is 4. The van der Waals surface area contributed by atoms with Crippen LogP contribution in [0, 0.1) is 0 Å². The fraction of sp³-hybridized carbons (Fsp3) is 0.154. The summed E-state index contributed by atoms with van der Waals surface area (Å²) in [4.78, 5) is 23.2. The van der Waals surface area contributed by atoms with E-state index < -0.39 is 22.9 Å². The first-order valence-corrected chi connectivity index (χ1v) is 10.2. The van der Waals surface area contributed by atoms with Crippen molar-refractivity contribution in [1.29, 1.82) is 0 Å². The van der Waals surface area contributed by atoms with Crippen LogP contribution in [0.15, 0.2) is 84.9 Å². The summed E-state index contributed by atoms with van der Waals surface area (Å²) in [6.45, 7) is 1.28. The van der Waals surface area contributed by atoms with Crippen LogP contribution in [0.25, 0.3) is 21.5 Å². The summed E-state index contributed by atoms with van der Waals surface area (Å²) in [6.07, 6.45) is -0.771. The van der Waals surface area contributed by atoms with Crippen LogP contribution in [0.5, 0.6) is 0 Å². The minimum absolute atomic E-state index is 0.771. The molecule has 0 radical (unpaired) electrons. The van der Waals surface area contributed by atoms with Gasteiger partial charge in [0.15, 0.2) is 6.10 Å². The summed E-state index contributed by atoms with van der Waals surface area (Å²) in [7, 11) is 1.18. The third kappa shape index (κ3) is 3.87. The zero-order chi connectivity index (χ0) is 22.0. The van der Waals surface area contributed by atoms with E-state index >= 15 is 0 Å². The largest absolute Gasteiger partial charge is 0.467 e. The smallest absolute Gasteiger partial charge is 0.339 e. The number of hydrogen-bond acceptors (Lipinski definition) is 4. The SMILES string of the molecule is COC(=O)[C@](C)(Cl)C(=O)OC(c1cccc2ccccc12)c1cccc2ccccc12. The quantitative estimate of drug-likeness (QED) is 0.227. The van der Waals surface area contributed by atoms with Gasteiger partial charge in [-0.05, 0) is 28.5 Å². The first kappa shape index (κ1) is 20.9. The molecule has 4 aromatic rings. The number of carbonyl (C=O) groups excluding carboxylic acids is 2. The molecule has 0 fully saturated rings. The zero-order valence-corrected chi connectivity index (χ0v) is 17.9. The van der Waals surface area contributed by atoms with E-state index in [0.29, 0.717) is 0 Å². The lowest BCUT2D eigenvalue weighted by molar-refractivity contribution is -0.159. The van der Waals surface area contributed by atoms with E-state index in [4.69, 9.17) is 21.1 Å². The lowest BCUT2D eigenvalue weighted by Gasteiger charge is -2.25. The number of alkyl halides is 1. The Morgan fingerprint density at radius 1 is 0.742 bits per heavy atom. The predicted molar refractivity (Wildman–Crippen MR) is 122 cm³/mol. The van der Waals surface area contributed by atoms with Gasteiger partial charge in [-0.1, -0.05) is 96.5 Å². The standard InChI is InChI=1S/C26H21ClO4/c1-26(27,24(28)30-2)25(29)31-23(21-15-7-11-17-9-3-5-13-19(17)21)22-16-8-12-18-10-4-6-14-20(18)22/h3-16,23H,1-2H3/t26-/m0/s1. The molecule has 0 unspecified atom stereocenters. The van der Waals surface area contributed by atoms with Gasteiger partial charge in [0.25, 0.3) is 0 Å². The van der Waals surface area contributed by atoms with E-state index in [-0.39, 0.29) is 0 Å². The molecule has 0 amide bonds. The van der Waals surface area contributed by atoms with Gasteiger partial charge in [-0.2, -0.15) is 0 Å². The molecule has 4 rings (SSSR count). The van der Waals surface area contributed by atoms with Crippen LogP contribution in [0.4, 0.5) is 0 Å². The Kier molecular flexibility index (Phi) is 5.66. The topological polar surface area (TPSA) is 52.6 Å². The summed E-state index contributed by atoms with van der Waals surface area (Å²) in [6, 6.07) is 27.4. The molecule has 0 aliphatic carbocycles. The molecule has 0 aromatic heterocycles. The van der Waals surface area contributed by atoms with Crippen molar-refractivity contribution in [3.05, 3.63) is 96.1 Å². The number of rotatable bonds is 5. The van der Waals surface area contributed by atoms with Crippen molar-refractivity contribution in [3.8, 4) is 0 Å². The molecule has 0 saturated heterocycles. The third-order valence-corrected chi connectivity index (χ3v) is 5.70. The lowest BCUT2D eigenvalue weighted by atomic mass is 9.92. The Morgan fingerprint density at radius 2 is 1.19 bits per heavy atom. The van der Waals surface area contributed by atoms with Crippen LogP contribution in [-0.2, 0) is 19.1 Å². The van der Waals surface area contributed by atoms with Gasteiger partial charge in [0, 0.05) is 11.1 Å².